The molecule has 0 spiro atoms. The maximum Gasteiger partial charge on any atom is 0.127 e. The maximum absolute atomic E-state index is 12.7. The molecular formula is C9H7BrFN. The Bertz CT molecular complexity index is 330. The fraction of sp³-hybridized carbons (Fsp3) is 0.222. The molecule has 12 heavy (non-hydrogen) atoms. The second-order valence-corrected chi connectivity index (χ2v) is 3.41. The molecule has 1 aromatic rings. The van der Waals surface area contributed by atoms with E-state index in [2.05, 4.69) is 15.9 Å². The minimum atomic E-state index is -0.423. The zero-order valence-electron chi connectivity index (χ0n) is 6.51. The number of nitriles is 1. The molecule has 1 nitrogen and oxygen atoms in total. The van der Waals surface area contributed by atoms with E-state index in [4.69, 9.17) is 5.26 Å². The molecule has 0 heterocycles. The number of rotatable bonds is 1. The molecule has 0 saturated heterocycles. The van der Waals surface area contributed by atoms with Crippen molar-refractivity contribution in [2.24, 2.45) is 0 Å². The van der Waals surface area contributed by atoms with Crippen LogP contribution in [0.25, 0.3) is 0 Å². The van der Waals surface area contributed by atoms with Crippen molar-refractivity contribution < 1.29 is 4.39 Å². The van der Waals surface area contributed by atoms with Gasteiger partial charge in [-0.25, -0.2) is 4.39 Å². The number of hydrogen-bond donors (Lipinski definition) is 0. The third-order valence-corrected chi connectivity index (χ3v) is 2.33. The molecule has 0 aliphatic heterocycles. The largest absolute Gasteiger partial charge is 0.207 e. The molecule has 1 atom stereocenters. The van der Waals surface area contributed by atoms with E-state index in [0.717, 1.165) is 5.56 Å². The van der Waals surface area contributed by atoms with Gasteiger partial charge in [-0.1, -0.05) is 22.0 Å². The van der Waals surface area contributed by atoms with Gasteiger partial charge in [0.15, 0.2) is 0 Å². The summed E-state index contributed by atoms with van der Waals surface area (Å²) in [4.78, 5) is -0.423. The zero-order chi connectivity index (χ0) is 9.14. The SMILES string of the molecule is Cc1ccc(F)cc1C(Br)C#N. The highest BCUT2D eigenvalue weighted by Gasteiger charge is 2.09. The topological polar surface area (TPSA) is 23.8 Å². The van der Waals surface area contributed by atoms with E-state index in [1.54, 1.807) is 6.07 Å². The van der Waals surface area contributed by atoms with E-state index < -0.39 is 4.83 Å². The predicted octanol–water partition coefficient (Wildman–Crippen LogP) is 3.09. The van der Waals surface area contributed by atoms with Crippen LogP contribution < -0.4 is 0 Å². The van der Waals surface area contributed by atoms with Crippen molar-refractivity contribution in [2.75, 3.05) is 0 Å². The van der Waals surface area contributed by atoms with Crippen LogP contribution in [0.1, 0.15) is 16.0 Å². The Hall–Kier alpha value is -0.880. The summed E-state index contributed by atoms with van der Waals surface area (Å²) in [7, 11) is 0. The highest BCUT2D eigenvalue weighted by Crippen LogP contribution is 2.25. The van der Waals surface area contributed by atoms with Crippen LogP contribution in [0.2, 0.25) is 0 Å². The highest BCUT2D eigenvalue weighted by molar-refractivity contribution is 9.09. The minimum absolute atomic E-state index is 0.310. The number of aryl methyl sites for hydroxylation is 1. The molecular weight excluding hydrogens is 221 g/mol. The Balaban J connectivity index is 3.15. The van der Waals surface area contributed by atoms with Crippen molar-refractivity contribution in [3.05, 3.63) is 35.1 Å². The van der Waals surface area contributed by atoms with Crippen LogP contribution in [0, 0.1) is 24.1 Å². The van der Waals surface area contributed by atoms with Crippen molar-refractivity contribution in [3.63, 3.8) is 0 Å². The van der Waals surface area contributed by atoms with Crippen molar-refractivity contribution in [1.29, 1.82) is 5.26 Å². The van der Waals surface area contributed by atoms with Crippen LogP contribution in [-0.2, 0) is 0 Å². The quantitative estimate of drug-likeness (QED) is 0.677. The molecule has 0 N–H and O–H groups in total. The first kappa shape index (κ1) is 9.21. The molecule has 0 fully saturated rings. The normalized spacial score (nSPS) is 12.2. The molecule has 1 unspecified atom stereocenters. The molecule has 62 valence electrons. The van der Waals surface area contributed by atoms with E-state index in [1.165, 1.54) is 12.1 Å². The van der Waals surface area contributed by atoms with Gasteiger partial charge in [0.2, 0.25) is 0 Å². The molecule has 0 amide bonds. The van der Waals surface area contributed by atoms with Gasteiger partial charge in [0.25, 0.3) is 0 Å². The monoisotopic (exact) mass is 227 g/mol. The summed E-state index contributed by atoms with van der Waals surface area (Å²) in [6.07, 6.45) is 0. The first-order chi connectivity index (χ1) is 5.65. The molecule has 1 rings (SSSR count). The summed E-state index contributed by atoms with van der Waals surface area (Å²) in [6, 6.07) is 6.42. The molecule has 0 aromatic heterocycles. The lowest BCUT2D eigenvalue weighted by Gasteiger charge is -2.04. The summed E-state index contributed by atoms with van der Waals surface area (Å²) in [5, 5.41) is 8.58. The van der Waals surface area contributed by atoms with Gasteiger partial charge in [-0.05, 0) is 30.2 Å². The third kappa shape index (κ3) is 1.83. The average Bonchev–Trinajstić information content (AvgIpc) is 2.08. The predicted molar refractivity (Wildman–Crippen MR) is 48.4 cm³/mol. The van der Waals surface area contributed by atoms with Crippen LogP contribution in [-0.4, -0.2) is 0 Å². The number of benzene rings is 1. The van der Waals surface area contributed by atoms with Crippen molar-refractivity contribution in [1.82, 2.24) is 0 Å². The van der Waals surface area contributed by atoms with Crippen LogP contribution >= 0.6 is 15.9 Å². The summed E-state index contributed by atoms with van der Waals surface area (Å²) in [5.74, 6) is -0.310. The number of hydrogen-bond acceptors (Lipinski definition) is 1. The number of nitrogens with zero attached hydrogens (tertiary/aromatic N) is 1. The lowest BCUT2D eigenvalue weighted by Crippen LogP contribution is -1.91. The zero-order valence-corrected chi connectivity index (χ0v) is 8.10. The Labute approximate surface area is 79.0 Å². The van der Waals surface area contributed by atoms with Gasteiger partial charge >= 0.3 is 0 Å². The molecule has 0 aliphatic rings. The van der Waals surface area contributed by atoms with Crippen LogP contribution in [0.4, 0.5) is 4.39 Å². The second-order valence-electron chi connectivity index (χ2n) is 2.49. The second kappa shape index (κ2) is 3.68. The highest BCUT2D eigenvalue weighted by atomic mass is 79.9. The van der Waals surface area contributed by atoms with Crippen LogP contribution in [0.3, 0.4) is 0 Å². The Morgan fingerprint density at radius 2 is 2.25 bits per heavy atom. The van der Waals surface area contributed by atoms with Crippen molar-refractivity contribution in [3.8, 4) is 6.07 Å². The van der Waals surface area contributed by atoms with Crippen LogP contribution in [0.5, 0.6) is 0 Å². The van der Waals surface area contributed by atoms with Crippen molar-refractivity contribution in [2.45, 2.75) is 11.8 Å². The summed E-state index contributed by atoms with van der Waals surface area (Å²) in [5.41, 5.74) is 1.61. The first-order valence-electron chi connectivity index (χ1n) is 3.45. The maximum atomic E-state index is 12.7. The molecule has 0 radical (unpaired) electrons. The molecule has 3 heteroatoms. The number of halogens is 2. The third-order valence-electron chi connectivity index (χ3n) is 1.63. The van der Waals surface area contributed by atoms with Gasteiger partial charge in [0, 0.05) is 0 Å². The molecule has 0 saturated carbocycles. The van der Waals surface area contributed by atoms with E-state index >= 15 is 0 Å². The van der Waals surface area contributed by atoms with Crippen molar-refractivity contribution >= 4 is 15.9 Å². The van der Waals surface area contributed by atoms with Gasteiger partial charge in [-0.15, -0.1) is 0 Å². The van der Waals surface area contributed by atoms with E-state index in [-0.39, 0.29) is 5.82 Å². The van der Waals surface area contributed by atoms with E-state index in [9.17, 15) is 4.39 Å². The fourth-order valence-corrected chi connectivity index (χ4v) is 1.45. The molecule has 0 bridgehead atoms. The summed E-state index contributed by atoms with van der Waals surface area (Å²) in [6.45, 7) is 1.85. The van der Waals surface area contributed by atoms with E-state index in [0.29, 0.717) is 5.56 Å². The van der Waals surface area contributed by atoms with Gasteiger partial charge in [0.1, 0.15) is 10.6 Å². The Kier molecular flexibility index (Phi) is 2.83. The number of alkyl halides is 1. The van der Waals surface area contributed by atoms with Crippen LogP contribution in [0.15, 0.2) is 18.2 Å². The minimum Gasteiger partial charge on any atom is -0.207 e. The lowest BCUT2D eigenvalue weighted by molar-refractivity contribution is 0.625. The van der Waals surface area contributed by atoms with Gasteiger partial charge in [-0.3, -0.25) is 0 Å². The van der Waals surface area contributed by atoms with E-state index in [1.807, 2.05) is 13.0 Å². The smallest absolute Gasteiger partial charge is 0.127 e. The van der Waals surface area contributed by atoms with Gasteiger partial charge < -0.3 is 0 Å². The Morgan fingerprint density at radius 1 is 1.58 bits per heavy atom. The average molecular weight is 228 g/mol. The summed E-state index contributed by atoms with van der Waals surface area (Å²) < 4.78 is 12.7. The first-order valence-corrected chi connectivity index (χ1v) is 4.36. The molecule has 1 aromatic carbocycles. The van der Waals surface area contributed by atoms with Gasteiger partial charge in [-0.2, -0.15) is 5.26 Å². The summed E-state index contributed by atoms with van der Waals surface area (Å²) >= 11 is 3.14. The lowest BCUT2D eigenvalue weighted by atomic mass is 10.1. The fourth-order valence-electron chi connectivity index (χ4n) is 0.954. The Morgan fingerprint density at radius 3 is 2.83 bits per heavy atom. The standard InChI is InChI=1S/C9H7BrFN/c1-6-2-3-7(11)4-8(6)9(10)5-12/h2-4,9H,1H3. The van der Waals surface area contributed by atoms with Gasteiger partial charge in [0.05, 0.1) is 6.07 Å². The molecule has 0 aliphatic carbocycles.